The molecule has 29 heavy (non-hydrogen) atoms. The van der Waals surface area contributed by atoms with E-state index in [9.17, 15) is 9.59 Å². The fraction of sp³-hybridized carbons (Fsp3) is 0.600. The van der Waals surface area contributed by atoms with Crippen molar-refractivity contribution in [3.8, 4) is 0 Å². The summed E-state index contributed by atoms with van der Waals surface area (Å²) in [5, 5.41) is 8.17. The van der Waals surface area contributed by atoms with E-state index in [1.807, 2.05) is 9.80 Å². The van der Waals surface area contributed by atoms with E-state index in [1.54, 1.807) is 12.4 Å². The van der Waals surface area contributed by atoms with Crippen LogP contribution in [0.5, 0.6) is 0 Å². The summed E-state index contributed by atoms with van der Waals surface area (Å²) in [6.07, 6.45) is 5.13. The van der Waals surface area contributed by atoms with Crippen LogP contribution in [0.25, 0.3) is 0 Å². The van der Waals surface area contributed by atoms with Crippen LogP contribution in [0.1, 0.15) is 69.3 Å². The van der Waals surface area contributed by atoms with Gasteiger partial charge in [0.2, 0.25) is 0 Å². The van der Waals surface area contributed by atoms with Gasteiger partial charge >= 0.3 is 0 Å². The molecule has 0 spiro atoms. The Bertz CT molecular complexity index is 871. The first kappa shape index (κ1) is 20.0. The second kappa shape index (κ2) is 8.62. The van der Waals surface area contributed by atoms with Crippen LogP contribution in [0.3, 0.4) is 0 Å². The maximum Gasteiger partial charge on any atom is 0.265 e. The lowest BCUT2D eigenvalue weighted by Crippen LogP contribution is -2.42. The summed E-state index contributed by atoms with van der Waals surface area (Å²) in [7, 11) is 0. The van der Waals surface area contributed by atoms with Crippen LogP contribution in [-0.2, 0) is 4.74 Å². The molecule has 1 N–H and O–H groups in total. The number of nitrogens with zero attached hydrogens (tertiary/aromatic N) is 4. The summed E-state index contributed by atoms with van der Waals surface area (Å²) in [4.78, 5) is 34.7. The first-order valence-corrected chi connectivity index (χ1v) is 11.0. The van der Waals surface area contributed by atoms with Gasteiger partial charge in [0.15, 0.2) is 0 Å². The Morgan fingerprint density at radius 2 is 1.97 bits per heavy atom. The maximum absolute atomic E-state index is 13.0. The minimum absolute atomic E-state index is 0.00969. The van der Waals surface area contributed by atoms with Gasteiger partial charge in [-0.2, -0.15) is 5.10 Å². The lowest BCUT2D eigenvalue weighted by atomic mass is 9.92. The van der Waals surface area contributed by atoms with E-state index in [1.165, 1.54) is 11.3 Å². The van der Waals surface area contributed by atoms with Gasteiger partial charge in [0.05, 0.1) is 41.9 Å². The number of amides is 2. The van der Waals surface area contributed by atoms with Gasteiger partial charge in [0.25, 0.3) is 11.8 Å². The van der Waals surface area contributed by atoms with Crippen LogP contribution >= 0.6 is 11.3 Å². The average Bonchev–Trinajstić information content (AvgIpc) is 3.43. The highest BCUT2D eigenvalue weighted by Crippen LogP contribution is 2.30. The smallest absolute Gasteiger partial charge is 0.265 e. The fourth-order valence-corrected chi connectivity index (χ4v) is 4.81. The number of thiazole rings is 1. The number of hydrogen-bond donors (Lipinski definition) is 1. The highest BCUT2D eigenvalue weighted by atomic mass is 32.1. The second-order valence-electron chi connectivity index (χ2n) is 7.91. The number of H-pyrrole nitrogens is 1. The summed E-state index contributed by atoms with van der Waals surface area (Å²) < 4.78 is 5.35. The van der Waals surface area contributed by atoms with Gasteiger partial charge in [-0.1, -0.05) is 13.8 Å². The molecule has 0 saturated carbocycles. The average molecular weight is 418 g/mol. The predicted octanol–water partition coefficient (Wildman–Crippen LogP) is 2.48. The summed E-state index contributed by atoms with van der Waals surface area (Å²) in [5.41, 5.74) is 1.46. The van der Waals surface area contributed by atoms with E-state index in [0.717, 1.165) is 30.1 Å². The highest BCUT2D eigenvalue weighted by Gasteiger charge is 2.31. The molecule has 2 aromatic heterocycles. The van der Waals surface area contributed by atoms with Gasteiger partial charge < -0.3 is 14.5 Å². The van der Waals surface area contributed by atoms with Crippen LogP contribution in [0, 0.1) is 0 Å². The predicted molar refractivity (Wildman–Crippen MR) is 109 cm³/mol. The lowest BCUT2D eigenvalue weighted by molar-refractivity contribution is 0.0301. The van der Waals surface area contributed by atoms with E-state index in [2.05, 4.69) is 29.0 Å². The maximum atomic E-state index is 13.0. The molecule has 0 radical (unpaired) electrons. The third-order valence-electron chi connectivity index (χ3n) is 5.54. The molecule has 4 heterocycles. The van der Waals surface area contributed by atoms with E-state index in [0.29, 0.717) is 49.2 Å². The summed E-state index contributed by atoms with van der Waals surface area (Å²) >= 11 is 1.47. The van der Waals surface area contributed by atoms with Crippen molar-refractivity contribution in [3.63, 3.8) is 0 Å². The molecule has 2 amide bonds. The van der Waals surface area contributed by atoms with Crippen molar-refractivity contribution in [1.29, 1.82) is 0 Å². The molecule has 0 aromatic carbocycles. The van der Waals surface area contributed by atoms with Crippen molar-refractivity contribution in [2.45, 2.75) is 38.5 Å². The Morgan fingerprint density at radius 3 is 2.69 bits per heavy atom. The van der Waals surface area contributed by atoms with Crippen molar-refractivity contribution >= 4 is 23.2 Å². The van der Waals surface area contributed by atoms with Crippen molar-refractivity contribution in [2.75, 3.05) is 39.4 Å². The van der Waals surface area contributed by atoms with Gasteiger partial charge in [-0.15, -0.1) is 11.3 Å². The Labute approximate surface area is 174 Å². The highest BCUT2D eigenvalue weighted by molar-refractivity contribution is 7.13. The number of piperidine rings is 1. The minimum Gasteiger partial charge on any atom is -0.378 e. The zero-order valence-electron chi connectivity index (χ0n) is 16.9. The quantitative estimate of drug-likeness (QED) is 0.825. The molecular formula is C20H27N5O3S. The van der Waals surface area contributed by atoms with Gasteiger partial charge in [0, 0.05) is 38.0 Å². The molecule has 2 aliphatic heterocycles. The second-order valence-corrected chi connectivity index (χ2v) is 8.97. The van der Waals surface area contributed by atoms with Crippen LogP contribution in [0.4, 0.5) is 0 Å². The molecule has 2 aliphatic rings. The van der Waals surface area contributed by atoms with Crippen LogP contribution in [0.2, 0.25) is 0 Å². The van der Waals surface area contributed by atoms with Gasteiger partial charge in [0.1, 0.15) is 4.88 Å². The number of ether oxygens (including phenoxy) is 1. The van der Waals surface area contributed by atoms with Crippen LogP contribution < -0.4 is 0 Å². The third-order valence-corrected chi connectivity index (χ3v) is 6.83. The van der Waals surface area contributed by atoms with E-state index in [-0.39, 0.29) is 17.7 Å². The monoisotopic (exact) mass is 417 g/mol. The number of nitrogens with one attached hydrogen (secondary N) is 1. The first-order chi connectivity index (χ1) is 14.0. The number of likely N-dealkylation sites (tertiary alicyclic amines) is 1. The summed E-state index contributed by atoms with van der Waals surface area (Å²) in [6, 6.07) is 0. The first-order valence-electron chi connectivity index (χ1n) is 10.2. The van der Waals surface area contributed by atoms with Gasteiger partial charge in [-0.3, -0.25) is 14.7 Å². The Hall–Kier alpha value is -2.26. The molecule has 156 valence electrons. The fourth-order valence-electron chi connectivity index (χ4n) is 3.92. The SMILES string of the molecule is CC(C)c1ncc(C(=O)N2CCC[C@@H](c3[nH]ncc3C(=O)N3CCOCC3)C2)s1. The number of rotatable bonds is 4. The molecular weight excluding hydrogens is 390 g/mol. The molecule has 2 aromatic rings. The number of carbonyl (C=O) groups excluding carboxylic acids is 2. The number of hydrogen-bond acceptors (Lipinski definition) is 6. The molecule has 0 bridgehead atoms. The molecule has 9 heteroatoms. The third kappa shape index (κ3) is 4.20. The van der Waals surface area contributed by atoms with Crippen molar-refractivity contribution in [1.82, 2.24) is 25.0 Å². The van der Waals surface area contributed by atoms with E-state index in [4.69, 9.17) is 4.74 Å². The molecule has 1 atom stereocenters. The normalized spacial score (nSPS) is 20.3. The number of aromatic amines is 1. The van der Waals surface area contributed by atoms with E-state index >= 15 is 0 Å². The van der Waals surface area contributed by atoms with Gasteiger partial charge in [-0.25, -0.2) is 4.98 Å². The topological polar surface area (TPSA) is 91.4 Å². The molecule has 2 saturated heterocycles. The minimum atomic E-state index is -0.00969. The molecule has 8 nitrogen and oxygen atoms in total. The zero-order chi connectivity index (χ0) is 20.4. The Kier molecular flexibility index (Phi) is 5.96. The number of morpholine rings is 1. The zero-order valence-corrected chi connectivity index (χ0v) is 17.7. The Morgan fingerprint density at radius 1 is 1.17 bits per heavy atom. The van der Waals surface area contributed by atoms with Crippen molar-refractivity contribution < 1.29 is 14.3 Å². The lowest BCUT2D eigenvalue weighted by Gasteiger charge is -2.33. The van der Waals surface area contributed by atoms with Gasteiger partial charge in [-0.05, 0) is 12.8 Å². The van der Waals surface area contributed by atoms with Crippen molar-refractivity contribution in [2.24, 2.45) is 0 Å². The van der Waals surface area contributed by atoms with Crippen LogP contribution in [-0.4, -0.2) is 76.2 Å². The van der Waals surface area contributed by atoms with E-state index < -0.39 is 0 Å². The summed E-state index contributed by atoms with van der Waals surface area (Å²) in [6.45, 7) is 7.80. The summed E-state index contributed by atoms with van der Waals surface area (Å²) in [5.74, 6) is 0.409. The van der Waals surface area contributed by atoms with Crippen LogP contribution in [0.15, 0.2) is 12.4 Å². The largest absolute Gasteiger partial charge is 0.378 e. The molecule has 2 fully saturated rings. The standard InChI is InChI=1S/C20H27N5O3S/c1-13(2)18-21-11-16(29-18)20(27)25-5-3-4-14(12-25)17-15(10-22-23-17)19(26)24-6-8-28-9-7-24/h10-11,13-14H,3-9,12H2,1-2H3,(H,22,23)/t14-/m1/s1. The number of aromatic nitrogens is 3. The number of carbonyl (C=O) groups is 2. The molecule has 4 rings (SSSR count). The molecule has 0 unspecified atom stereocenters. The molecule has 0 aliphatic carbocycles. The van der Waals surface area contributed by atoms with Crippen molar-refractivity contribution in [3.05, 3.63) is 33.5 Å². The Balaban J connectivity index is 1.48.